The minimum atomic E-state index is -0.427. The Bertz CT molecular complexity index is 938. The Balaban J connectivity index is 1.64. The van der Waals surface area contributed by atoms with Gasteiger partial charge in [-0.05, 0) is 49.7 Å². The fraction of sp³-hybridized carbons (Fsp3) is 0.333. The number of halogens is 2. The summed E-state index contributed by atoms with van der Waals surface area (Å²) >= 11 is 12.1. The summed E-state index contributed by atoms with van der Waals surface area (Å²) in [5.41, 5.74) is 0.989. The third kappa shape index (κ3) is 5.36. The number of anilines is 2. The van der Waals surface area contributed by atoms with Gasteiger partial charge in [0.1, 0.15) is 11.5 Å². The van der Waals surface area contributed by atoms with Gasteiger partial charge in [-0.15, -0.1) is 0 Å². The highest BCUT2D eigenvalue weighted by Crippen LogP contribution is 2.30. The second kappa shape index (κ2) is 10.0. The lowest BCUT2D eigenvalue weighted by Gasteiger charge is -2.23. The molecule has 0 aliphatic carbocycles. The van der Waals surface area contributed by atoms with Crippen molar-refractivity contribution >= 4 is 46.4 Å². The third-order valence-electron chi connectivity index (χ3n) is 4.88. The first-order valence-corrected chi connectivity index (χ1v) is 10.2. The molecule has 0 spiro atoms. The van der Waals surface area contributed by atoms with E-state index in [0.29, 0.717) is 45.9 Å². The van der Waals surface area contributed by atoms with Crippen molar-refractivity contribution in [3.8, 4) is 11.5 Å². The zero-order valence-corrected chi connectivity index (χ0v) is 18.2. The van der Waals surface area contributed by atoms with Crippen LogP contribution >= 0.6 is 23.2 Å². The van der Waals surface area contributed by atoms with E-state index in [1.807, 2.05) is 4.90 Å². The second-order valence-electron chi connectivity index (χ2n) is 6.86. The van der Waals surface area contributed by atoms with Gasteiger partial charge in [-0.2, -0.15) is 0 Å². The molecule has 30 heavy (non-hydrogen) atoms. The quantitative estimate of drug-likeness (QED) is 0.663. The summed E-state index contributed by atoms with van der Waals surface area (Å²) in [6.07, 6.45) is 1.48. The van der Waals surface area contributed by atoms with Crippen LogP contribution < -0.4 is 20.1 Å². The van der Waals surface area contributed by atoms with Crippen LogP contribution in [0.2, 0.25) is 10.0 Å². The SMILES string of the molecule is COc1ccc(NC(=O)CN2CCCC2C(=O)Nc2cc(Cl)ccc2Cl)c(OC)c1. The number of likely N-dealkylation sites (tertiary alicyclic amines) is 1. The first kappa shape index (κ1) is 22.2. The van der Waals surface area contributed by atoms with E-state index < -0.39 is 6.04 Å². The fourth-order valence-electron chi connectivity index (χ4n) is 3.40. The molecule has 0 bridgehead atoms. The van der Waals surface area contributed by atoms with Gasteiger partial charge in [-0.1, -0.05) is 23.2 Å². The number of hydrogen-bond acceptors (Lipinski definition) is 5. The van der Waals surface area contributed by atoms with Crippen LogP contribution in [0.4, 0.5) is 11.4 Å². The first-order valence-electron chi connectivity index (χ1n) is 9.43. The summed E-state index contributed by atoms with van der Waals surface area (Å²) in [7, 11) is 3.08. The lowest BCUT2D eigenvalue weighted by molar-refractivity contribution is -0.122. The number of carbonyl (C=O) groups is 2. The van der Waals surface area contributed by atoms with Gasteiger partial charge in [0, 0.05) is 11.1 Å². The molecule has 0 radical (unpaired) electrons. The predicted molar refractivity (Wildman–Crippen MR) is 118 cm³/mol. The molecule has 2 N–H and O–H groups in total. The molecule has 1 unspecified atom stereocenters. The minimum absolute atomic E-state index is 0.0799. The van der Waals surface area contributed by atoms with Gasteiger partial charge in [0.25, 0.3) is 0 Å². The number of nitrogens with zero attached hydrogens (tertiary/aromatic N) is 1. The van der Waals surface area contributed by atoms with Crippen LogP contribution in [-0.2, 0) is 9.59 Å². The summed E-state index contributed by atoms with van der Waals surface area (Å²) in [5.74, 6) is 0.667. The van der Waals surface area contributed by atoms with Crippen LogP contribution in [0, 0.1) is 0 Å². The number of ether oxygens (including phenoxy) is 2. The maximum Gasteiger partial charge on any atom is 0.241 e. The first-order chi connectivity index (χ1) is 14.4. The Morgan fingerprint density at radius 3 is 2.60 bits per heavy atom. The van der Waals surface area contributed by atoms with Gasteiger partial charge in [0.15, 0.2) is 0 Å². The van der Waals surface area contributed by atoms with Crippen LogP contribution in [0.5, 0.6) is 11.5 Å². The summed E-state index contributed by atoms with van der Waals surface area (Å²) < 4.78 is 10.5. The van der Waals surface area contributed by atoms with Crippen LogP contribution in [0.25, 0.3) is 0 Å². The van der Waals surface area contributed by atoms with Crippen molar-refractivity contribution in [3.05, 3.63) is 46.4 Å². The van der Waals surface area contributed by atoms with E-state index in [0.717, 1.165) is 6.42 Å². The molecule has 3 rings (SSSR count). The molecule has 0 saturated carbocycles. The molecular formula is C21H23Cl2N3O4. The summed E-state index contributed by atoms with van der Waals surface area (Å²) in [5, 5.41) is 6.53. The van der Waals surface area contributed by atoms with Crippen LogP contribution in [-0.4, -0.2) is 50.1 Å². The number of hydrogen-bond donors (Lipinski definition) is 2. The lowest BCUT2D eigenvalue weighted by atomic mass is 10.2. The van der Waals surface area contributed by atoms with E-state index in [9.17, 15) is 9.59 Å². The largest absolute Gasteiger partial charge is 0.497 e. The van der Waals surface area contributed by atoms with Crippen molar-refractivity contribution in [2.45, 2.75) is 18.9 Å². The highest BCUT2D eigenvalue weighted by molar-refractivity contribution is 6.35. The van der Waals surface area contributed by atoms with Crippen molar-refractivity contribution in [1.82, 2.24) is 4.90 Å². The topological polar surface area (TPSA) is 79.9 Å². The fourth-order valence-corrected chi connectivity index (χ4v) is 3.73. The number of amides is 2. The predicted octanol–water partition coefficient (Wildman–Crippen LogP) is 4.05. The summed E-state index contributed by atoms with van der Waals surface area (Å²) in [4.78, 5) is 27.2. The Labute approximate surface area is 185 Å². The Kier molecular flexibility index (Phi) is 7.42. The van der Waals surface area contributed by atoms with Crippen LogP contribution in [0.3, 0.4) is 0 Å². The molecule has 2 aromatic rings. The molecule has 2 amide bonds. The standard InChI is InChI=1S/C21H23Cl2N3O4/c1-29-14-6-8-16(19(11-14)30-2)24-20(27)12-26-9-3-4-18(26)21(28)25-17-10-13(22)5-7-15(17)23/h5-8,10-11,18H,3-4,9,12H2,1-2H3,(H,24,27)(H,25,28). The normalized spacial score (nSPS) is 16.2. The summed E-state index contributed by atoms with van der Waals surface area (Å²) in [6, 6.07) is 9.59. The van der Waals surface area contributed by atoms with Crippen molar-refractivity contribution < 1.29 is 19.1 Å². The zero-order chi connectivity index (χ0) is 21.7. The van der Waals surface area contributed by atoms with E-state index in [-0.39, 0.29) is 18.4 Å². The molecule has 2 aromatic carbocycles. The van der Waals surface area contributed by atoms with Crippen molar-refractivity contribution in [2.24, 2.45) is 0 Å². The molecule has 1 aliphatic rings. The molecule has 1 heterocycles. The Morgan fingerprint density at radius 2 is 1.87 bits per heavy atom. The van der Waals surface area contributed by atoms with E-state index in [4.69, 9.17) is 32.7 Å². The number of rotatable bonds is 7. The summed E-state index contributed by atoms with van der Waals surface area (Å²) in [6.45, 7) is 0.727. The molecule has 1 fully saturated rings. The van der Waals surface area contributed by atoms with Gasteiger partial charge >= 0.3 is 0 Å². The zero-order valence-electron chi connectivity index (χ0n) is 16.7. The van der Waals surface area contributed by atoms with Crippen molar-refractivity contribution in [2.75, 3.05) is 37.9 Å². The maximum absolute atomic E-state index is 12.8. The Morgan fingerprint density at radius 1 is 1.07 bits per heavy atom. The Hall–Kier alpha value is -2.48. The van der Waals surface area contributed by atoms with E-state index in [1.54, 1.807) is 43.5 Å². The number of carbonyl (C=O) groups excluding carboxylic acids is 2. The highest BCUT2D eigenvalue weighted by atomic mass is 35.5. The van der Waals surface area contributed by atoms with Gasteiger partial charge in [0.05, 0.1) is 43.2 Å². The van der Waals surface area contributed by atoms with Crippen molar-refractivity contribution in [1.29, 1.82) is 0 Å². The molecule has 0 aromatic heterocycles. The molecule has 7 nitrogen and oxygen atoms in total. The third-order valence-corrected chi connectivity index (χ3v) is 5.45. The molecule has 160 valence electrons. The van der Waals surface area contributed by atoms with Gasteiger partial charge in [0.2, 0.25) is 11.8 Å². The van der Waals surface area contributed by atoms with E-state index in [2.05, 4.69) is 10.6 Å². The minimum Gasteiger partial charge on any atom is -0.497 e. The van der Waals surface area contributed by atoms with E-state index in [1.165, 1.54) is 7.11 Å². The van der Waals surface area contributed by atoms with Crippen molar-refractivity contribution in [3.63, 3.8) is 0 Å². The molecule has 9 heteroatoms. The van der Waals surface area contributed by atoms with Gasteiger partial charge in [-0.25, -0.2) is 0 Å². The highest BCUT2D eigenvalue weighted by Gasteiger charge is 2.32. The number of benzene rings is 2. The van der Waals surface area contributed by atoms with Crippen LogP contribution in [0.1, 0.15) is 12.8 Å². The van der Waals surface area contributed by atoms with E-state index >= 15 is 0 Å². The maximum atomic E-state index is 12.8. The molecule has 1 atom stereocenters. The lowest BCUT2D eigenvalue weighted by Crippen LogP contribution is -2.43. The molecule has 1 aliphatic heterocycles. The smallest absolute Gasteiger partial charge is 0.241 e. The van der Waals surface area contributed by atoms with Gasteiger partial charge in [-0.3, -0.25) is 14.5 Å². The number of methoxy groups -OCH3 is 2. The average Bonchev–Trinajstić information content (AvgIpc) is 3.19. The van der Waals surface area contributed by atoms with Gasteiger partial charge < -0.3 is 20.1 Å². The molecular weight excluding hydrogens is 429 g/mol. The molecule has 1 saturated heterocycles. The average molecular weight is 452 g/mol. The second-order valence-corrected chi connectivity index (χ2v) is 7.70. The monoisotopic (exact) mass is 451 g/mol. The van der Waals surface area contributed by atoms with Crippen LogP contribution in [0.15, 0.2) is 36.4 Å². The number of nitrogens with one attached hydrogen (secondary N) is 2.